The fourth-order valence-electron chi connectivity index (χ4n) is 3.92. The highest BCUT2D eigenvalue weighted by Gasteiger charge is 2.24. The highest BCUT2D eigenvalue weighted by atomic mass is 32.2. The summed E-state index contributed by atoms with van der Waals surface area (Å²) in [6, 6.07) is 8.15. The van der Waals surface area contributed by atoms with Crippen LogP contribution in [-0.2, 0) is 22.9 Å². The third-order valence-electron chi connectivity index (χ3n) is 5.47. The first-order valence-corrected chi connectivity index (χ1v) is 12.4. The lowest BCUT2D eigenvalue weighted by molar-refractivity contribution is 0.256. The van der Waals surface area contributed by atoms with Gasteiger partial charge in [0, 0.05) is 30.1 Å². The number of aromatic nitrogens is 3. The topological polar surface area (TPSA) is 115 Å². The van der Waals surface area contributed by atoms with Crippen LogP contribution < -0.4 is 14.8 Å². The van der Waals surface area contributed by atoms with E-state index in [4.69, 9.17) is 4.74 Å². The number of fused-ring (bicyclic) bond motifs is 1. The fraction of sp³-hybridized carbons (Fsp3) is 0.348. The molecule has 0 spiro atoms. The minimum Gasteiger partial charge on any atom is -0.478 e. The highest BCUT2D eigenvalue weighted by molar-refractivity contribution is 7.90. The molecule has 0 atom stereocenters. The van der Waals surface area contributed by atoms with Crippen LogP contribution in [-0.4, -0.2) is 35.8 Å². The van der Waals surface area contributed by atoms with E-state index in [0.29, 0.717) is 18.2 Å². The summed E-state index contributed by atoms with van der Waals surface area (Å²) in [6.07, 6.45) is 5.90. The first kappa shape index (κ1) is 22.8. The van der Waals surface area contributed by atoms with Crippen molar-refractivity contribution in [2.75, 3.05) is 11.9 Å². The Balaban J connectivity index is 1.64. The number of carbonyl (C=O) groups excluding carboxylic acids is 1. The number of anilines is 1. The van der Waals surface area contributed by atoms with Crippen molar-refractivity contribution in [2.45, 2.75) is 51.1 Å². The summed E-state index contributed by atoms with van der Waals surface area (Å²) in [5, 5.41) is 6.64. The molecule has 1 aliphatic carbocycles. The number of rotatable bonds is 7. The smallest absolute Gasteiger partial charge is 0.333 e. The number of benzene rings is 1. The van der Waals surface area contributed by atoms with Crippen LogP contribution in [0.15, 0.2) is 47.8 Å². The molecule has 174 valence electrons. The van der Waals surface area contributed by atoms with E-state index < -0.39 is 16.1 Å². The Hall–Kier alpha value is -3.40. The van der Waals surface area contributed by atoms with Crippen LogP contribution in [0.25, 0.3) is 11.1 Å². The molecule has 3 aromatic rings. The summed E-state index contributed by atoms with van der Waals surface area (Å²) in [5.41, 5.74) is 4.34. The van der Waals surface area contributed by atoms with E-state index in [9.17, 15) is 13.2 Å². The van der Waals surface area contributed by atoms with E-state index in [0.717, 1.165) is 41.5 Å². The summed E-state index contributed by atoms with van der Waals surface area (Å²) in [5.74, 6) is 0.481. The molecule has 10 heteroatoms. The molecule has 1 aromatic carbocycles. The molecule has 0 aliphatic heterocycles. The first-order chi connectivity index (χ1) is 15.8. The van der Waals surface area contributed by atoms with Crippen molar-refractivity contribution in [3.05, 3.63) is 53.9 Å². The molecule has 4 rings (SSSR count). The molecule has 0 bridgehead atoms. The van der Waals surface area contributed by atoms with Crippen LogP contribution in [0.5, 0.6) is 5.88 Å². The van der Waals surface area contributed by atoms with Gasteiger partial charge in [-0.05, 0) is 68.9 Å². The minimum absolute atomic E-state index is 0.000757. The Morgan fingerprint density at radius 3 is 2.76 bits per heavy atom. The van der Waals surface area contributed by atoms with Gasteiger partial charge in [0.25, 0.3) is 10.0 Å². The molecule has 2 N–H and O–H groups in total. The number of hydrogen-bond donors (Lipinski definition) is 2. The molecule has 0 radical (unpaired) electrons. The molecule has 1 aliphatic rings. The number of ether oxygens (including phenoxy) is 1. The maximum Gasteiger partial charge on any atom is 0.333 e. The minimum atomic E-state index is -4.12. The molecule has 33 heavy (non-hydrogen) atoms. The fourth-order valence-corrected chi connectivity index (χ4v) is 4.76. The van der Waals surface area contributed by atoms with Crippen LogP contribution >= 0.6 is 0 Å². The predicted molar refractivity (Wildman–Crippen MR) is 125 cm³/mol. The van der Waals surface area contributed by atoms with Gasteiger partial charge in [-0.2, -0.15) is 13.5 Å². The van der Waals surface area contributed by atoms with Gasteiger partial charge in [-0.15, -0.1) is 0 Å². The highest BCUT2D eigenvalue weighted by Crippen LogP contribution is 2.38. The summed E-state index contributed by atoms with van der Waals surface area (Å²) in [4.78, 5) is 17.0. The van der Waals surface area contributed by atoms with E-state index in [1.54, 1.807) is 18.5 Å². The zero-order chi connectivity index (χ0) is 23.6. The standard InChI is InChI=1S/C23H27N5O4S/c1-4-32-20-14-17(10-12-24-20)19-9-8-16-6-5-7-18(16)22(19)25-23(29)27-33(30,31)21-11-13-28(26-21)15(2)3/h8-15H,4-7H2,1-3H3,(H2,25,27,29). The maximum absolute atomic E-state index is 12.8. The molecule has 0 unspecified atom stereocenters. The average molecular weight is 470 g/mol. The van der Waals surface area contributed by atoms with Gasteiger partial charge in [0.15, 0.2) is 5.03 Å². The number of urea groups is 1. The molecular weight excluding hydrogens is 442 g/mol. The number of nitrogens with zero attached hydrogens (tertiary/aromatic N) is 3. The number of nitrogens with one attached hydrogen (secondary N) is 2. The largest absolute Gasteiger partial charge is 0.478 e. The molecule has 2 heterocycles. The zero-order valence-electron chi connectivity index (χ0n) is 18.8. The number of hydrogen-bond acceptors (Lipinski definition) is 6. The second-order valence-corrected chi connectivity index (χ2v) is 9.71. The number of aryl methyl sites for hydroxylation is 1. The van der Waals surface area contributed by atoms with Crippen molar-refractivity contribution in [2.24, 2.45) is 0 Å². The lowest BCUT2D eigenvalue weighted by atomic mass is 9.98. The van der Waals surface area contributed by atoms with Crippen molar-refractivity contribution >= 4 is 21.7 Å². The first-order valence-electron chi connectivity index (χ1n) is 10.9. The number of pyridine rings is 1. The van der Waals surface area contributed by atoms with Crippen LogP contribution in [0.1, 0.15) is 44.4 Å². The molecule has 9 nitrogen and oxygen atoms in total. The Labute approximate surface area is 193 Å². The molecule has 0 fully saturated rings. The predicted octanol–water partition coefficient (Wildman–Crippen LogP) is 3.92. The molecule has 0 saturated carbocycles. The van der Waals surface area contributed by atoms with Crippen LogP contribution in [0.2, 0.25) is 0 Å². The third kappa shape index (κ3) is 4.85. The van der Waals surface area contributed by atoms with Gasteiger partial charge in [0.05, 0.1) is 12.3 Å². The van der Waals surface area contributed by atoms with Crippen LogP contribution in [0.4, 0.5) is 10.5 Å². The Morgan fingerprint density at radius 1 is 1.21 bits per heavy atom. The van der Waals surface area contributed by atoms with E-state index in [1.807, 2.05) is 32.9 Å². The van der Waals surface area contributed by atoms with E-state index in [2.05, 4.69) is 26.2 Å². The summed E-state index contributed by atoms with van der Waals surface area (Å²) < 4.78 is 34.5. The number of amides is 2. The van der Waals surface area contributed by atoms with Crippen molar-refractivity contribution < 1.29 is 17.9 Å². The molecule has 2 amide bonds. The SMILES string of the molecule is CCOc1cc(-c2ccc3c(c2NC(=O)NS(=O)(=O)c2ccn(C(C)C)n2)CCC3)ccn1. The average Bonchev–Trinajstić information content (AvgIpc) is 3.44. The van der Waals surface area contributed by atoms with Gasteiger partial charge in [0.1, 0.15) is 0 Å². The quantitative estimate of drug-likeness (QED) is 0.542. The second kappa shape index (κ2) is 9.22. The Kier molecular flexibility index (Phi) is 6.37. The lowest BCUT2D eigenvalue weighted by Crippen LogP contribution is -2.35. The third-order valence-corrected chi connectivity index (χ3v) is 6.70. The zero-order valence-corrected chi connectivity index (χ0v) is 19.6. The van der Waals surface area contributed by atoms with Crippen LogP contribution in [0.3, 0.4) is 0 Å². The number of sulfonamides is 1. The van der Waals surface area contributed by atoms with Crippen molar-refractivity contribution in [3.8, 4) is 17.0 Å². The van der Waals surface area contributed by atoms with E-state index >= 15 is 0 Å². The van der Waals surface area contributed by atoms with Gasteiger partial charge in [-0.1, -0.05) is 12.1 Å². The summed E-state index contributed by atoms with van der Waals surface area (Å²) >= 11 is 0. The maximum atomic E-state index is 12.8. The van der Waals surface area contributed by atoms with Crippen molar-refractivity contribution in [1.82, 2.24) is 19.5 Å². The normalized spacial score (nSPS) is 13.1. The van der Waals surface area contributed by atoms with Crippen molar-refractivity contribution in [1.29, 1.82) is 0 Å². The Bertz CT molecular complexity index is 1280. The van der Waals surface area contributed by atoms with Gasteiger partial charge in [0.2, 0.25) is 5.88 Å². The molecule has 0 saturated heterocycles. The van der Waals surface area contributed by atoms with Crippen LogP contribution in [0, 0.1) is 0 Å². The molecular formula is C23H27N5O4S. The van der Waals surface area contributed by atoms with Gasteiger partial charge in [-0.25, -0.2) is 14.5 Å². The van der Waals surface area contributed by atoms with E-state index in [1.165, 1.54) is 10.7 Å². The number of carbonyl (C=O) groups is 1. The van der Waals surface area contributed by atoms with Gasteiger partial charge in [-0.3, -0.25) is 4.68 Å². The molecule has 2 aromatic heterocycles. The van der Waals surface area contributed by atoms with Gasteiger partial charge >= 0.3 is 6.03 Å². The monoisotopic (exact) mass is 469 g/mol. The summed E-state index contributed by atoms with van der Waals surface area (Å²) in [6.45, 7) is 6.14. The lowest BCUT2D eigenvalue weighted by Gasteiger charge is -2.17. The second-order valence-electron chi connectivity index (χ2n) is 8.08. The Morgan fingerprint density at radius 2 is 2.03 bits per heavy atom. The van der Waals surface area contributed by atoms with Crippen molar-refractivity contribution in [3.63, 3.8) is 0 Å². The summed E-state index contributed by atoms with van der Waals surface area (Å²) in [7, 11) is -4.12. The van der Waals surface area contributed by atoms with Gasteiger partial charge < -0.3 is 10.1 Å². The van der Waals surface area contributed by atoms with E-state index in [-0.39, 0.29) is 11.1 Å².